The number of rotatable bonds is 24. The van der Waals surface area contributed by atoms with Gasteiger partial charge in [0.1, 0.15) is 34.5 Å². The molecule has 0 radical (unpaired) electrons. The van der Waals surface area contributed by atoms with Crippen LogP contribution in [0.4, 0.5) is 0 Å². The first-order valence-electron chi connectivity index (χ1n) is 26.7. The highest BCUT2D eigenvalue weighted by Gasteiger charge is 2.36. The molecule has 0 saturated carbocycles. The van der Waals surface area contributed by atoms with Crippen LogP contribution in [0.25, 0.3) is 17.3 Å². The zero-order chi connectivity index (χ0) is 56.3. The normalized spacial score (nSPS) is 14.4. The van der Waals surface area contributed by atoms with E-state index in [1.807, 2.05) is 96.1 Å². The molecule has 0 fully saturated rings. The largest absolute Gasteiger partial charge is 0.647 e. The Hall–Kier alpha value is -4.21. The Labute approximate surface area is 449 Å². The van der Waals surface area contributed by atoms with Gasteiger partial charge in [0.25, 0.3) is 0 Å². The Morgan fingerprint density at radius 3 is 0.811 bits per heavy atom. The van der Waals surface area contributed by atoms with Gasteiger partial charge in [0.05, 0.1) is 58.0 Å². The number of hydrogen-bond donors (Lipinski definition) is 0. The van der Waals surface area contributed by atoms with Crippen LogP contribution in [-0.2, 0) is 33.0 Å². The van der Waals surface area contributed by atoms with Crippen LogP contribution in [0.5, 0.6) is 17.2 Å². The molecule has 0 bridgehead atoms. The second kappa shape index (κ2) is 26.2. The molecule has 416 valence electrons. The summed E-state index contributed by atoms with van der Waals surface area (Å²) < 4.78 is 74.5. The molecule has 74 heavy (non-hydrogen) atoms. The minimum Gasteiger partial charge on any atom is -0.490 e. The van der Waals surface area contributed by atoms with Crippen LogP contribution in [0.1, 0.15) is 183 Å². The Morgan fingerprint density at radius 2 is 0.622 bits per heavy atom. The van der Waals surface area contributed by atoms with Crippen molar-refractivity contribution in [2.24, 2.45) is 32.5 Å². The smallest absolute Gasteiger partial charge is 0.490 e. The molecule has 0 aliphatic heterocycles. The van der Waals surface area contributed by atoms with Gasteiger partial charge < -0.3 is 42.0 Å². The second-order valence-corrected chi connectivity index (χ2v) is 28.6. The van der Waals surface area contributed by atoms with Gasteiger partial charge in [0.2, 0.25) is 0 Å². The highest BCUT2D eigenvalue weighted by molar-refractivity contribution is 7.49. The van der Waals surface area contributed by atoms with Gasteiger partial charge >= 0.3 is 7.82 Å². The molecule has 10 nitrogen and oxygen atoms in total. The summed E-state index contributed by atoms with van der Waals surface area (Å²) in [5.41, 5.74) is 4.05. The summed E-state index contributed by atoms with van der Waals surface area (Å²) >= 11 is 0. The van der Waals surface area contributed by atoms with Gasteiger partial charge in [-0.25, -0.2) is 0 Å². The summed E-state index contributed by atoms with van der Waals surface area (Å²) in [5, 5.41) is 0. The fourth-order valence-corrected chi connectivity index (χ4v) is 8.65. The Bertz CT molecular complexity index is 2130. The molecule has 0 aromatic heterocycles. The van der Waals surface area contributed by atoms with Gasteiger partial charge in [-0.15, -0.1) is 0 Å². The Kier molecular flexibility index (Phi) is 22.7. The topological polar surface area (TPSA) is 100 Å². The summed E-state index contributed by atoms with van der Waals surface area (Å²) in [7, 11) is -4.64. The van der Waals surface area contributed by atoms with Crippen LogP contribution in [-0.4, -0.2) is 58.0 Å². The monoisotopic (exact) mass is 1050 g/mol. The van der Waals surface area contributed by atoms with E-state index in [0.717, 1.165) is 33.4 Å². The Balaban J connectivity index is 2.37. The zero-order valence-electron chi connectivity index (χ0n) is 50.4. The van der Waals surface area contributed by atoms with Gasteiger partial charge in [-0.2, -0.15) is 4.57 Å². The van der Waals surface area contributed by atoms with E-state index in [2.05, 4.69) is 125 Å². The van der Waals surface area contributed by atoms with Gasteiger partial charge in [-0.05, 0) is 110 Å². The third-order valence-electron chi connectivity index (χ3n) is 10.9. The molecule has 0 aliphatic carbocycles. The first kappa shape index (κ1) is 64.1. The van der Waals surface area contributed by atoms with E-state index in [0.29, 0.717) is 56.9 Å². The van der Waals surface area contributed by atoms with E-state index in [1.165, 1.54) is 0 Å². The highest BCUT2D eigenvalue weighted by atomic mass is 31.2. The van der Waals surface area contributed by atoms with Crippen LogP contribution in [0.3, 0.4) is 0 Å². The zero-order valence-corrected chi connectivity index (χ0v) is 51.3. The fourth-order valence-electron chi connectivity index (χ4n) is 7.42. The first-order valence-corrected chi connectivity index (χ1v) is 28.2. The molecule has 3 rings (SSSR count). The maximum atomic E-state index is 15.8. The third-order valence-corrected chi connectivity index (χ3v) is 12.2. The molecule has 3 aromatic rings. The van der Waals surface area contributed by atoms with E-state index < -0.39 is 7.82 Å². The predicted octanol–water partition coefficient (Wildman–Crippen LogP) is 18.1. The van der Waals surface area contributed by atoms with Crippen molar-refractivity contribution in [3.8, 4) is 17.2 Å². The van der Waals surface area contributed by atoms with Crippen molar-refractivity contribution in [2.45, 2.75) is 184 Å². The van der Waals surface area contributed by atoms with Crippen molar-refractivity contribution in [3.05, 3.63) is 106 Å². The molecule has 0 N–H and O–H groups in total. The lowest BCUT2D eigenvalue weighted by molar-refractivity contribution is 0.0773. The molecule has 0 spiro atoms. The minimum absolute atomic E-state index is 0.0284. The van der Waals surface area contributed by atoms with Gasteiger partial charge in [-0.3, -0.25) is 0 Å². The maximum Gasteiger partial charge on any atom is 0.647 e. The SMILES string of the molecule is CC(C)O/C(=C(/COCC(C)(C)C)C(C)(C)C)c1cccc(OP(=O)(Oc2cccc(/C(OC(C)C)=C(\COCC(C)(C)C)C(C)(C)C)c2)Oc2cccc(/C(OC(C)C)=C(\COCC(C)(C)C)C(C)(C)C)c2)c1. The predicted molar refractivity (Wildman–Crippen MR) is 307 cm³/mol. The van der Waals surface area contributed by atoms with Crippen LogP contribution in [0, 0.1) is 32.5 Å². The van der Waals surface area contributed by atoms with Crippen LogP contribution in [0.2, 0.25) is 0 Å². The molecule has 3 aromatic carbocycles. The molecular formula is C63H99O10P. The van der Waals surface area contributed by atoms with Crippen molar-refractivity contribution < 1.29 is 46.6 Å². The lowest BCUT2D eigenvalue weighted by Crippen LogP contribution is -2.22. The molecular weight excluding hydrogens is 948 g/mol. The van der Waals surface area contributed by atoms with Crippen LogP contribution in [0.15, 0.2) is 89.5 Å². The number of benzene rings is 3. The number of phosphoric acid groups is 1. The number of hydrogen-bond acceptors (Lipinski definition) is 10. The fraction of sp³-hybridized carbons (Fsp3) is 0.619. The van der Waals surface area contributed by atoms with Crippen molar-refractivity contribution in [1.29, 1.82) is 0 Å². The van der Waals surface area contributed by atoms with Crippen molar-refractivity contribution in [2.75, 3.05) is 39.6 Å². The summed E-state index contributed by atoms with van der Waals surface area (Å²) in [5.74, 6) is 2.74. The molecule has 0 unspecified atom stereocenters. The standard InChI is InChI=1S/C63H99O10P/c1-43(2)68-55(52(61(16,17)18)37-65-40-58(7,8)9)46-28-25-31-49(34-46)71-74(64,72-50-32-26-29-47(35-50)56(69-44(3)4)53(62(19,20)21)38-66-41-59(10,11)12)73-51-33-27-30-48(36-51)57(70-45(5)6)54(63(22,23)24)39-67-42-60(13,14)15/h25-36,43-45H,37-42H2,1-24H3/b55-52-,56-53-,57-54-. The van der Waals surface area contributed by atoms with Crippen molar-refractivity contribution >= 4 is 25.1 Å². The lowest BCUT2D eigenvalue weighted by Gasteiger charge is -2.30. The van der Waals surface area contributed by atoms with E-state index in [9.17, 15) is 0 Å². The van der Waals surface area contributed by atoms with E-state index in [4.69, 9.17) is 42.0 Å². The molecule has 0 amide bonds. The van der Waals surface area contributed by atoms with E-state index in [1.54, 1.807) is 18.2 Å². The molecule has 0 saturated heterocycles. The molecule has 0 aliphatic rings. The quantitative estimate of drug-likeness (QED) is 0.0637. The average Bonchev–Trinajstić information content (AvgIpc) is 3.21. The number of ether oxygens (including phenoxy) is 6. The van der Waals surface area contributed by atoms with Gasteiger partial charge in [-0.1, -0.05) is 161 Å². The van der Waals surface area contributed by atoms with Gasteiger partial charge in [0.15, 0.2) is 0 Å². The van der Waals surface area contributed by atoms with Crippen LogP contribution >= 0.6 is 7.82 Å². The van der Waals surface area contributed by atoms with Crippen molar-refractivity contribution in [1.82, 2.24) is 0 Å². The second-order valence-electron chi connectivity index (χ2n) is 27.1. The summed E-state index contributed by atoms with van der Waals surface area (Å²) in [6, 6.07) is 22.1. The maximum absolute atomic E-state index is 15.8. The summed E-state index contributed by atoms with van der Waals surface area (Å²) in [6.07, 6.45) is -0.467. The van der Waals surface area contributed by atoms with E-state index in [-0.39, 0.29) is 68.1 Å². The minimum atomic E-state index is -4.64. The Morgan fingerprint density at radius 1 is 0.392 bits per heavy atom. The molecule has 0 heterocycles. The average molecular weight is 1050 g/mol. The summed E-state index contributed by atoms with van der Waals surface area (Å²) in [6.45, 7) is 53.5. The lowest BCUT2D eigenvalue weighted by atomic mass is 9.84. The first-order chi connectivity index (χ1) is 33.7. The summed E-state index contributed by atoms with van der Waals surface area (Å²) in [4.78, 5) is 0. The molecule has 0 atom stereocenters. The van der Waals surface area contributed by atoms with Crippen LogP contribution < -0.4 is 13.6 Å². The highest BCUT2D eigenvalue weighted by Crippen LogP contribution is 2.51. The molecule has 11 heteroatoms. The number of phosphoric ester groups is 1. The van der Waals surface area contributed by atoms with Crippen molar-refractivity contribution in [3.63, 3.8) is 0 Å². The third kappa shape index (κ3) is 22.6. The van der Waals surface area contributed by atoms with Gasteiger partial charge in [0, 0.05) is 33.4 Å². The van der Waals surface area contributed by atoms with E-state index >= 15 is 4.57 Å².